The first-order valence-electron chi connectivity index (χ1n) is 4.41. The van der Waals surface area contributed by atoms with Gasteiger partial charge in [0.25, 0.3) is 0 Å². The summed E-state index contributed by atoms with van der Waals surface area (Å²) in [5, 5.41) is 11.4. The van der Waals surface area contributed by atoms with Crippen LogP contribution in [0.4, 0.5) is 0 Å². The highest BCUT2D eigenvalue weighted by Gasteiger charge is 1.81. The van der Waals surface area contributed by atoms with Crippen molar-refractivity contribution >= 4 is 11.8 Å². The topological polar surface area (TPSA) is 32.6 Å². The van der Waals surface area contributed by atoms with Crippen LogP contribution < -0.4 is 0 Å². The third kappa shape index (κ3) is 3.72. The van der Waals surface area contributed by atoms with Crippen LogP contribution in [0.3, 0.4) is 0 Å². The summed E-state index contributed by atoms with van der Waals surface area (Å²) in [6.07, 6.45) is 7.46. The van der Waals surface area contributed by atoms with E-state index in [1.54, 1.807) is 13.0 Å². The van der Waals surface area contributed by atoms with Crippen molar-refractivity contribution in [1.29, 1.82) is 0 Å². The molecule has 14 heavy (non-hydrogen) atoms. The zero-order chi connectivity index (χ0) is 10.2. The maximum absolute atomic E-state index is 8.36. The first-order valence-corrected chi connectivity index (χ1v) is 4.41. The smallest absolute Gasteiger partial charge is 0.0764 e. The molecule has 0 bridgehead atoms. The summed E-state index contributed by atoms with van der Waals surface area (Å²) in [6, 6.07) is 10.0. The van der Waals surface area contributed by atoms with Gasteiger partial charge in [-0.2, -0.15) is 0 Å². The number of hydrogen-bond donors (Lipinski definition) is 1. The van der Waals surface area contributed by atoms with E-state index in [1.165, 1.54) is 0 Å². The predicted octanol–water partition coefficient (Wildman–Crippen LogP) is 3.11. The van der Waals surface area contributed by atoms with Crippen LogP contribution in [0.5, 0.6) is 0 Å². The van der Waals surface area contributed by atoms with Crippen LogP contribution in [-0.4, -0.2) is 10.9 Å². The van der Waals surface area contributed by atoms with Crippen LogP contribution in [0.2, 0.25) is 0 Å². The maximum Gasteiger partial charge on any atom is 0.0764 e. The molecule has 0 aromatic heterocycles. The van der Waals surface area contributed by atoms with E-state index in [9.17, 15) is 0 Å². The highest BCUT2D eigenvalue weighted by Crippen LogP contribution is 2.00. The Hall–Kier alpha value is -1.83. The molecule has 0 aliphatic heterocycles. The van der Waals surface area contributed by atoms with Crippen molar-refractivity contribution in [3.8, 4) is 0 Å². The minimum absolute atomic E-state index is 0.586. The van der Waals surface area contributed by atoms with Crippen LogP contribution in [0.25, 0.3) is 6.08 Å². The van der Waals surface area contributed by atoms with Gasteiger partial charge in [0.05, 0.1) is 5.71 Å². The lowest BCUT2D eigenvalue weighted by atomic mass is 10.2. The van der Waals surface area contributed by atoms with Crippen LogP contribution in [0.1, 0.15) is 12.5 Å². The van der Waals surface area contributed by atoms with E-state index in [-0.39, 0.29) is 0 Å². The van der Waals surface area contributed by atoms with Gasteiger partial charge in [-0.15, -0.1) is 0 Å². The Labute approximate surface area is 83.9 Å². The Balaban J connectivity index is 2.54. The van der Waals surface area contributed by atoms with Gasteiger partial charge in [-0.05, 0) is 18.6 Å². The molecule has 2 heteroatoms. The molecule has 0 spiro atoms. The summed E-state index contributed by atoms with van der Waals surface area (Å²) in [5.74, 6) is 0. The normalized spacial score (nSPS) is 12.8. The molecule has 2 nitrogen and oxygen atoms in total. The average Bonchev–Trinajstić information content (AvgIpc) is 2.25. The lowest BCUT2D eigenvalue weighted by Gasteiger charge is -1.88. The number of allylic oxidation sites excluding steroid dienone is 3. The second-order valence-corrected chi connectivity index (χ2v) is 2.87. The molecule has 1 aromatic rings. The van der Waals surface area contributed by atoms with Gasteiger partial charge < -0.3 is 5.21 Å². The summed E-state index contributed by atoms with van der Waals surface area (Å²) >= 11 is 0. The van der Waals surface area contributed by atoms with Crippen molar-refractivity contribution in [2.75, 3.05) is 0 Å². The Bertz CT molecular complexity index is 350. The Kier molecular flexibility index (Phi) is 4.21. The van der Waals surface area contributed by atoms with Gasteiger partial charge >= 0.3 is 0 Å². The zero-order valence-electron chi connectivity index (χ0n) is 8.09. The second-order valence-electron chi connectivity index (χ2n) is 2.87. The molecule has 0 atom stereocenters. The number of nitrogens with zero attached hydrogens (tertiary/aromatic N) is 1. The molecule has 0 saturated heterocycles. The van der Waals surface area contributed by atoms with Gasteiger partial charge in [0.15, 0.2) is 0 Å². The number of benzene rings is 1. The minimum Gasteiger partial charge on any atom is -0.411 e. The fourth-order valence-electron chi connectivity index (χ4n) is 0.959. The maximum atomic E-state index is 8.36. The van der Waals surface area contributed by atoms with Crippen molar-refractivity contribution in [1.82, 2.24) is 0 Å². The molecule has 0 aliphatic rings. The predicted molar refractivity (Wildman–Crippen MR) is 59.5 cm³/mol. The molecule has 0 fully saturated rings. The molecule has 0 radical (unpaired) electrons. The molecular weight excluding hydrogens is 174 g/mol. The van der Waals surface area contributed by atoms with Crippen LogP contribution in [0, 0.1) is 0 Å². The zero-order valence-corrected chi connectivity index (χ0v) is 8.09. The van der Waals surface area contributed by atoms with Crippen molar-refractivity contribution in [2.45, 2.75) is 6.92 Å². The van der Waals surface area contributed by atoms with Crippen molar-refractivity contribution in [3.05, 3.63) is 54.1 Å². The number of hydrogen-bond acceptors (Lipinski definition) is 2. The largest absolute Gasteiger partial charge is 0.411 e. The third-order valence-corrected chi connectivity index (χ3v) is 1.69. The van der Waals surface area contributed by atoms with Crippen molar-refractivity contribution in [3.63, 3.8) is 0 Å². The molecule has 72 valence electrons. The second kappa shape index (κ2) is 5.75. The number of oxime groups is 1. The lowest BCUT2D eigenvalue weighted by Crippen LogP contribution is -1.80. The molecule has 1 N–H and O–H groups in total. The van der Waals surface area contributed by atoms with E-state index in [4.69, 9.17) is 5.21 Å². The van der Waals surface area contributed by atoms with Crippen LogP contribution in [0.15, 0.2) is 53.7 Å². The minimum atomic E-state index is 0.586. The summed E-state index contributed by atoms with van der Waals surface area (Å²) in [5.41, 5.74) is 1.73. The first kappa shape index (κ1) is 10.3. The molecule has 0 heterocycles. The Morgan fingerprint density at radius 1 is 1.21 bits per heavy atom. The van der Waals surface area contributed by atoms with Gasteiger partial charge in [0.1, 0.15) is 0 Å². The summed E-state index contributed by atoms with van der Waals surface area (Å²) in [7, 11) is 0. The number of rotatable bonds is 3. The van der Waals surface area contributed by atoms with E-state index in [0.717, 1.165) is 5.56 Å². The van der Waals surface area contributed by atoms with Gasteiger partial charge in [0.2, 0.25) is 0 Å². The van der Waals surface area contributed by atoms with Gasteiger partial charge in [0, 0.05) is 0 Å². The summed E-state index contributed by atoms with van der Waals surface area (Å²) < 4.78 is 0. The van der Waals surface area contributed by atoms with Crippen molar-refractivity contribution in [2.24, 2.45) is 5.16 Å². The first-order chi connectivity index (χ1) is 6.83. The standard InChI is InChI=1S/C12H13NO/c1-11(13-14)7-5-6-10-12-8-3-2-4-9-12/h2-10,14H,1H3/b7-5+,10-6+,13-11+. The summed E-state index contributed by atoms with van der Waals surface area (Å²) in [6.45, 7) is 1.73. The quantitative estimate of drug-likeness (QED) is 0.335. The molecule has 1 aromatic carbocycles. The fourth-order valence-corrected chi connectivity index (χ4v) is 0.959. The van der Waals surface area contributed by atoms with E-state index in [0.29, 0.717) is 5.71 Å². The fraction of sp³-hybridized carbons (Fsp3) is 0.0833. The van der Waals surface area contributed by atoms with Crippen LogP contribution >= 0.6 is 0 Å². The van der Waals surface area contributed by atoms with E-state index < -0.39 is 0 Å². The Morgan fingerprint density at radius 3 is 2.57 bits per heavy atom. The molecular formula is C12H13NO. The molecule has 0 saturated carbocycles. The highest BCUT2D eigenvalue weighted by atomic mass is 16.4. The molecule has 1 rings (SSSR count). The third-order valence-electron chi connectivity index (χ3n) is 1.69. The van der Waals surface area contributed by atoms with Gasteiger partial charge in [-0.1, -0.05) is 53.7 Å². The molecule has 0 amide bonds. The monoisotopic (exact) mass is 187 g/mol. The van der Waals surface area contributed by atoms with E-state index in [2.05, 4.69) is 5.16 Å². The van der Waals surface area contributed by atoms with Crippen LogP contribution in [-0.2, 0) is 0 Å². The SMILES string of the molecule is CC(/C=C/C=C/c1ccccc1)=N\O. The molecule has 0 unspecified atom stereocenters. The van der Waals surface area contributed by atoms with E-state index >= 15 is 0 Å². The molecule has 0 aliphatic carbocycles. The van der Waals surface area contributed by atoms with Gasteiger partial charge in [-0.25, -0.2) is 0 Å². The average molecular weight is 187 g/mol. The van der Waals surface area contributed by atoms with Crippen molar-refractivity contribution < 1.29 is 5.21 Å². The Morgan fingerprint density at radius 2 is 1.93 bits per heavy atom. The summed E-state index contributed by atoms with van der Waals surface area (Å²) in [4.78, 5) is 0. The van der Waals surface area contributed by atoms with Gasteiger partial charge in [-0.3, -0.25) is 0 Å². The lowest BCUT2D eigenvalue weighted by molar-refractivity contribution is 0.319. The van der Waals surface area contributed by atoms with E-state index in [1.807, 2.05) is 48.6 Å². The highest BCUT2D eigenvalue weighted by molar-refractivity contribution is 5.92.